The summed E-state index contributed by atoms with van der Waals surface area (Å²) in [6.07, 6.45) is 2.33. The summed E-state index contributed by atoms with van der Waals surface area (Å²) in [6.45, 7) is 7.11. The average Bonchev–Trinajstić information content (AvgIpc) is 2.44. The molecule has 1 aliphatic heterocycles. The first-order valence-corrected chi connectivity index (χ1v) is 8.42. The fraction of sp³-hybridized carbons (Fsp3) is 0.562. The quantitative estimate of drug-likeness (QED) is 0.807. The Hall–Kier alpha value is -0.620. The number of carbonyl (C=O) groups excluding carboxylic acids is 1. The second kappa shape index (κ2) is 7.41. The van der Waals surface area contributed by atoms with E-state index < -0.39 is 0 Å². The van der Waals surface area contributed by atoms with Crippen LogP contribution >= 0.6 is 22.6 Å². The first-order valence-electron chi connectivity index (χ1n) is 7.34. The predicted octanol–water partition coefficient (Wildman–Crippen LogP) is 3.14. The summed E-state index contributed by atoms with van der Waals surface area (Å²) in [6, 6.07) is 8.37. The van der Waals surface area contributed by atoms with E-state index in [1.807, 2.05) is 29.2 Å². The van der Waals surface area contributed by atoms with Gasteiger partial charge in [0.25, 0.3) is 5.91 Å². The molecule has 0 saturated carbocycles. The van der Waals surface area contributed by atoms with Crippen LogP contribution in [0.25, 0.3) is 0 Å². The summed E-state index contributed by atoms with van der Waals surface area (Å²) in [4.78, 5) is 14.6. The van der Waals surface area contributed by atoms with Crippen molar-refractivity contribution in [2.75, 3.05) is 19.6 Å². The van der Waals surface area contributed by atoms with Crippen molar-refractivity contribution >= 4 is 28.5 Å². The monoisotopic (exact) mass is 386 g/mol. The molecule has 1 N–H and O–H groups in total. The molecule has 1 unspecified atom stereocenters. The molecule has 0 radical (unpaired) electrons. The smallest absolute Gasteiger partial charge is 0.253 e. The number of halogens is 1. The minimum absolute atomic E-state index is 0.178. The van der Waals surface area contributed by atoms with E-state index in [0.29, 0.717) is 12.0 Å². The van der Waals surface area contributed by atoms with E-state index in [9.17, 15) is 4.79 Å². The van der Waals surface area contributed by atoms with Crippen LogP contribution in [-0.2, 0) is 0 Å². The maximum Gasteiger partial charge on any atom is 0.253 e. The van der Waals surface area contributed by atoms with Crippen LogP contribution in [0.2, 0.25) is 0 Å². The van der Waals surface area contributed by atoms with Crippen LogP contribution in [0.3, 0.4) is 0 Å². The fourth-order valence-corrected chi connectivity index (χ4v) is 3.17. The van der Waals surface area contributed by atoms with Crippen molar-refractivity contribution in [3.05, 3.63) is 33.4 Å². The first-order chi connectivity index (χ1) is 9.56. The number of hydrogen-bond acceptors (Lipinski definition) is 2. The van der Waals surface area contributed by atoms with Crippen molar-refractivity contribution in [1.82, 2.24) is 10.2 Å². The van der Waals surface area contributed by atoms with Gasteiger partial charge in [0, 0.05) is 28.3 Å². The Kier molecular flexibility index (Phi) is 5.84. The molecule has 0 aromatic heterocycles. The predicted molar refractivity (Wildman–Crippen MR) is 90.9 cm³/mol. The van der Waals surface area contributed by atoms with Crippen LogP contribution in [0.15, 0.2) is 24.3 Å². The molecule has 1 aliphatic rings. The van der Waals surface area contributed by atoms with Crippen molar-refractivity contribution in [3.8, 4) is 0 Å². The molecule has 0 aliphatic carbocycles. The third-order valence-electron chi connectivity index (χ3n) is 3.69. The minimum Gasteiger partial charge on any atom is -0.338 e. The van der Waals surface area contributed by atoms with Crippen molar-refractivity contribution < 1.29 is 4.79 Å². The summed E-state index contributed by atoms with van der Waals surface area (Å²) >= 11 is 2.25. The van der Waals surface area contributed by atoms with Gasteiger partial charge in [-0.2, -0.15) is 0 Å². The van der Waals surface area contributed by atoms with Gasteiger partial charge in [-0.1, -0.05) is 19.9 Å². The third-order valence-corrected chi connectivity index (χ3v) is 4.36. The van der Waals surface area contributed by atoms with Crippen LogP contribution in [0.4, 0.5) is 0 Å². The first kappa shape index (κ1) is 15.8. The molecule has 1 aromatic rings. The van der Waals surface area contributed by atoms with Crippen LogP contribution in [0.1, 0.15) is 37.0 Å². The highest BCUT2D eigenvalue weighted by Gasteiger charge is 2.24. The number of rotatable bonds is 4. The Labute approximate surface area is 135 Å². The Morgan fingerprint density at radius 3 is 3.00 bits per heavy atom. The van der Waals surface area contributed by atoms with Gasteiger partial charge in [-0.15, -0.1) is 0 Å². The highest BCUT2D eigenvalue weighted by Crippen LogP contribution is 2.19. The molecule has 1 heterocycles. The number of piperidine rings is 1. The molecule has 0 bridgehead atoms. The van der Waals surface area contributed by atoms with E-state index in [2.05, 4.69) is 41.8 Å². The van der Waals surface area contributed by atoms with Gasteiger partial charge >= 0.3 is 0 Å². The second-order valence-electron chi connectivity index (χ2n) is 5.83. The van der Waals surface area contributed by atoms with Gasteiger partial charge in [0.1, 0.15) is 0 Å². The van der Waals surface area contributed by atoms with E-state index in [-0.39, 0.29) is 5.91 Å². The molecular formula is C16H23IN2O. The lowest BCUT2D eigenvalue weighted by atomic mass is 9.97. The van der Waals surface area contributed by atoms with Crippen molar-refractivity contribution in [2.24, 2.45) is 5.92 Å². The van der Waals surface area contributed by atoms with Crippen LogP contribution in [0.5, 0.6) is 0 Å². The zero-order valence-corrected chi connectivity index (χ0v) is 14.4. The number of amides is 1. The molecule has 2 rings (SSSR count). The average molecular weight is 386 g/mol. The second-order valence-corrected chi connectivity index (χ2v) is 7.08. The van der Waals surface area contributed by atoms with E-state index in [0.717, 1.165) is 35.2 Å². The van der Waals surface area contributed by atoms with E-state index in [1.54, 1.807) is 0 Å². The summed E-state index contributed by atoms with van der Waals surface area (Å²) in [5, 5.41) is 3.48. The highest BCUT2D eigenvalue weighted by molar-refractivity contribution is 14.1. The van der Waals surface area contributed by atoms with E-state index in [4.69, 9.17) is 0 Å². The lowest BCUT2D eigenvalue weighted by Gasteiger charge is -2.33. The number of benzene rings is 1. The topological polar surface area (TPSA) is 32.3 Å². The highest BCUT2D eigenvalue weighted by atomic mass is 127. The zero-order chi connectivity index (χ0) is 14.5. The molecular weight excluding hydrogens is 363 g/mol. The molecule has 1 fully saturated rings. The molecule has 110 valence electrons. The van der Waals surface area contributed by atoms with E-state index >= 15 is 0 Å². The van der Waals surface area contributed by atoms with E-state index in [1.165, 1.54) is 6.42 Å². The van der Waals surface area contributed by atoms with Gasteiger partial charge in [0.2, 0.25) is 0 Å². The number of nitrogens with one attached hydrogen (secondary N) is 1. The molecule has 4 heteroatoms. The normalized spacial score (nSPS) is 19.4. The maximum absolute atomic E-state index is 12.5. The summed E-state index contributed by atoms with van der Waals surface area (Å²) in [5.74, 6) is 0.760. The SMILES string of the molecule is CC(C)NCC1CCCN(C(=O)c2cccc(I)c2)C1. The summed E-state index contributed by atoms with van der Waals surface area (Å²) in [5.41, 5.74) is 0.814. The number of nitrogens with zero attached hydrogens (tertiary/aromatic N) is 1. The molecule has 1 saturated heterocycles. The lowest BCUT2D eigenvalue weighted by molar-refractivity contribution is 0.0672. The standard InChI is InChI=1S/C16H23IN2O/c1-12(2)18-10-13-5-4-8-19(11-13)16(20)14-6-3-7-15(17)9-14/h3,6-7,9,12-13,18H,4-5,8,10-11H2,1-2H3. The number of hydrogen-bond donors (Lipinski definition) is 1. The molecule has 1 aromatic carbocycles. The van der Waals surface area contributed by atoms with Gasteiger partial charge in [-0.25, -0.2) is 0 Å². The van der Waals surface area contributed by atoms with Crippen molar-refractivity contribution in [1.29, 1.82) is 0 Å². The van der Waals surface area contributed by atoms with Crippen LogP contribution < -0.4 is 5.32 Å². The molecule has 3 nitrogen and oxygen atoms in total. The van der Waals surface area contributed by atoms with Gasteiger partial charge in [-0.3, -0.25) is 4.79 Å². The van der Waals surface area contributed by atoms with Gasteiger partial charge < -0.3 is 10.2 Å². The molecule has 20 heavy (non-hydrogen) atoms. The van der Waals surface area contributed by atoms with Crippen molar-refractivity contribution in [3.63, 3.8) is 0 Å². The Morgan fingerprint density at radius 2 is 2.30 bits per heavy atom. The Bertz CT molecular complexity index is 462. The maximum atomic E-state index is 12.5. The number of likely N-dealkylation sites (tertiary alicyclic amines) is 1. The van der Waals surface area contributed by atoms with Gasteiger partial charge in [-0.05, 0) is 66.1 Å². The Balaban J connectivity index is 1.96. The molecule has 1 amide bonds. The summed E-state index contributed by atoms with van der Waals surface area (Å²) in [7, 11) is 0. The fourth-order valence-electron chi connectivity index (χ4n) is 2.62. The number of carbonyl (C=O) groups is 1. The largest absolute Gasteiger partial charge is 0.338 e. The van der Waals surface area contributed by atoms with Crippen LogP contribution in [0, 0.1) is 9.49 Å². The van der Waals surface area contributed by atoms with Crippen molar-refractivity contribution in [2.45, 2.75) is 32.7 Å². The van der Waals surface area contributed by atoms with Gasteiger partial charge in [0.05, 0.1) is 0 Å². The molecule has 1 atom stereocenters. The Morgan fingerprint density at radius 1 is 1.50 bits per heavy atom. The minimum atomic E-state index is 0.178. The third kappa shape index (κ3) is 4.45. The van der Waals surface area contributed by atoms with Gasteiger partial charge in [0.15, 0.2) is 0 Å². The lowest BCUT2D eigenvalue weighted by Crippen LogP contribution is -2.43. The van der Waals surface area contributed by atoms with Crippen LogP contribution in [-0.4, -0.2) is 36.5 Å². The molecule has 0 spiro atoms. The summed E-state index contributed by atoms with van der Waals surface area (Å²) < 4.78 is 1.11. The zero-order valence-electron chi connectivity index (χ0n) is 12.2.